The standard InChI is InChI=1S/C16H22N2O4/c1-10(2)14(15(20)18-16(17)21)22-13(19)9-11(3)12-7-5-4-6-8-12/h4-8,10-11,14H,9H2,1-3H3,(H3,17,18,20,21)/t11-,14-/m0/s1. The van der Waals surface area contributed by atoms with Gasteiger partial charge in [-0.15, -0.1) is 0 Å². The highest BCUT2D eigenvalue weighted by atomic mass is 16.5. The highest BCUT2D eigenvalue weighted by Gasteiger charge is 2.28. The number of nitrogens with one attached hydrogen (secondary N) is 1. The molecular weight excluding hydrogens is 284 g/mol. The van der Waals surface area contributed by atoms with E-state index in [9.17, 15) is 14.4 Å². The van der Waals surface area contributed by atoms with E-state index in [1.807, 2.05) is 42.6 Å². The Bertz CT molecular complexity index is 528. The normalized spacial score (nSPS) is 13.3. The lowest BCUT2D eigenvalue weighted by Crippen LogP contribution is -2.45. The van der Waals surface area contributed by atoms with Gasteiger partial charge in [0.2, 0.25) is 0 Å². The molecule has 120 valence electrons. The molecule has 0 aromatic heterocycles. The maximum absolute atomic E-state index is 12.0. The molecule has 0 saturated carbocycles. The third-order valence-electron chi connectivity index (χ3n) is 3.21. The van der Waals surface area contributed by atoms with Crippen LogP contribution < -0.4 is 11.1 Å². The zero-order chi connectivity index (χ0) is 16.7. The first kappa shape index (κ1) is 17.7. The van der Waals surface area contributed by atoms with E-state index in [0.29, 0.717) is 0 Å². The van der Waals surface area contributed by atoms with Gasteiger partial charge in [0.05, 0.1) is 6.42 Å². The molecule has 0 saturated heterocycles. The fraction of sp³-hybridized carbons (Fsp3) is 0.438. The van der Waals surface area contributed by atoms with E-state index in [0.717, 1.165) is 5.56 Å². The number of nitrogens with two attached hydrogens (primary N) is 1. The average molecular weight is 306 g/mol. The Labute approximate surface area is 130 Å². The maximum Gasteiger partial charge on any atom is 0.318 e. The average Bonchev–Trinajstić information content (AvgIpc) is 2.44. The summed E-state index contributed by atoms with van der Waals surface area (Å²) in [5, 5.41) is 1.94. The number of rotatable bonds is 6. The molecule has 3 N–H and O–H groups in total. The van der Waals surface area contributed by atoms with Crippen LogP contribution in [-0.2, 0) is 14.3 Å². The van der Waals surface area contributed by atoms with Crippen LogP contribution in [0.2, 0.25) is 0 Å². The molecule has 2 atom stereocenters. The molecule has 0 bridgehead atoms. The molecule has 3 amide bonds. The number of esters is 1. The lowest BCUT2D eigenvalue weighted by atomic mass is 9.98. The second-order valence-electron chi connectivity index (χ2n) is 5.52. The SMILES string of the molecule is CC(C)[C@H](OC(=O)C[C@H](C)c1ccccc1)C(=O)NC(N)=O. The van der Waals surface area contributed by atoms with Crippen molar-refractivity contribution in [1.29, 1.82) is 0 Å². The molecule has 22 heavy (non-hydrogen) atoms. The highest BCUT2D eigenvalue weighted by molar-refractivity contribution is 5.96. The second kappa shape index (κ2) is 8.17. The van der Waals surface area contributed by atoms with E-state index in [1.54, 1.807) is 13.8 Å². The minimum Gasteiger partial charge on any atom is -0.452 e. The van der Waals surface area contributed by atoms with Crippen molar-refractivity contribution < 1.29 is 19.1 Å². The zero-order valence-electron chi connectivity index (χ0n) is 13.0. The van der Waals surface area contributed by atoms with Gasteiger partial charge in [-0.3, -0.25) is 14.9 Å². The first-order valence-electron chi connectivity index (χ1n) is 7.16. The van der Waals surface area contributed by atoms with E-state index >= 15 is 0 Å². The molecule has 0 aliphatic rings. The molecule has 6 heteroatoms. The summed E-state index contributed by atoms with van der Waals surface area (Å²) in [5.41, 5.74) is 5.92. The summed E-state index contributed by atoms with van der Waals surface area (Å²) in [7, 11) is 0. The Hall–Kier alpha value is -2.37. The number of hydrogen-bond acceptors (Lipinski definition) is 4. The summed E-state index contributed by atoms with van der Waals surface area (Å²) in [6.45, 7) is 5.35. The molecule has 0 aliphatic carbocycles. The third kappa shape index (κ3) is 5.55. The molecule has 0 heterocycles. The molecule has 0 spiro atoms. The predicted octanol–water partition coefficient (Wildman–Crippen LogP) is 1.94. The Morgan fingerprint density at radius 3 is 2.23 bits per heavy atom. The minimum atomic E-state index is -1.04. The Morgan fingerprint density at radius 2 is 1.73 bits per heavy atom. The van der Waals surface area contributed by atoms with Gasteiger partial charge in [0.15, 0.2) is 6.10 Å². The Kier molecular flexibility index (Phi) is 6.56. The summed E-state index contributed by atoms with van der Waals surface area (Å²) < 4.78 is 5.21. The van der Waals surface area contributed by atoms with Crippen LogP contribution in [0.4, 0.5) is 4.79 Å². The van der Waals surface area contributed by atoms with Crippen molar-refractivity contribution in [2.45, 2.75) is 39.2 Å². The number of amides is 3. The van der Waals surface area contributed by atoms with Gasteiger partial charge in [-0.25, -0.2) is 4.79 Å². The smallest absolute Gasteiger partial charge is 0.318 e. The lowest BCUT2D eigenvalue weighted by Gasteiger charge is -2.21. The van der Waals surface area contributed by atoms with E-state index in [1.165, 1.54) is 0 Å². The van der Waals surface area contributed by atoms with E-state index in [4.69, 9.17) is 10.5 Å². The van der Waals surface area contributed by atoms with Crippen LogP contribution in [-0.4, -0.2) is 24.0 Å². The van der Waals surface area contributed by atoms with Crippen LogP contribution >= 0.6 is 0 Å². The van der Waals surface area contributed by atoms with Gasteiger partial charge in [-0.2, -0.15) is 0 Å². The van der Waals surface area contributed by atoms with Gasteiger partial charge in [0.25, 0.3) is 5.91 Å². The van der Waals surface area contributed by atoms with Crippen molar-refractivity contribution in [3.8, 4) is 0 Å². The van der Waals surface area contributed by atoms with Crippen molar-refractivity contribution in [3.05, 3.63) is 35.9 Å². The van der Waals surface area contributed by atoms with Gasteiger partial charge in [-0.05, 0) is 17.4 Å². The van der Waals surface area contributed by atoms with E-state index < -0.39 is 24.0 Å². The van der Waals surface area contributed by atoms with Gasteiger partial charge in [-0.1, -0.05) is 51.1 Å². The Balaban J connectivity index is 2.64. The third-order valence-corrected chi connectivity index (χ3v) is 3.21. The fourth-order valence-electron chi connectivity index (χ4n) is 2.02. The quantitative estimate of drug-likeness (QED) is 0.785. The van der Waals surface area contributed by atoms with Gasteiger partial charge in [0.1, 0.15) is 0 Å². The zero-order valence-corrected chi connectivity index (χ0v) is 13.0. The van der Waals surface area contributed by atoms with Crippen molar-refractivity contribution in [3.63, 3.8) is 0 Å². The summed E-state index contributed by atoms with van der Waals surface area (Å²) in [6, 6.07) is 8.58. The van der Waals surface area contributed by atoms with Crippen molar-refractivity contribution in [2.75, 3.05) is 0 Å². The van der Waals surface area contributed by atoms with Crippen molar-refractivity contribution in [1.82, 2.24) is 5.32 Å². The first-order valence-corrected chi connectivity index (χ1v) is 7.16. The van der Waals surface area contributed by atoms with Gasteiger partial charge < -0.3 is 10.5 Å². The molecule has 1 aromatic carbocycles. The molecule has 0 aliphatic heterocycles. The number of ether oxygens (including phenoxy) is 1. The van der Waals surface area contributed by atoms with E-state index in [2.05, 4.69) is 0 Å². The number of benzene rings is 1. The number of carbonyl (C=O) groups is 3. The maximum atomic E-state index is 12.0. The molecule has 1 rings (SSSR count). The molecule has 0 fully saturated rings. The van der Waals surface area contributed by atoms with Crippen molar-refractivity contribution in [2.24, 2.45) is 11.7 Å². The largest absolute Gasteiger partial charge is 0.452 e. The topological polar surface area (TPSA) is 98.5 Å². The van der Waals surface area contributed by atoms with Crippen LogP contribution in [0.5, 0.6) is 0 Å². The number of imide groups is 1. The number of urea groups is 1. The van der Waals surface area contributed by atoms with Crippen molar-refractivity contribution >= 4 is 17.9 Å². The van der Waals surface area contributed by atoms with Crippen LogP contribution in [0.25, 0.3) is 0 Å². The van der Waals surface area contributed by atoms with E-state index in [-0.39, 0.29) is 18.3 Å². The van der Waals surface area contributed by atoms with Crippen LogP contribution in [0.15, 0.2) is 30.3 Å². The summed E-state index contributed by atoms with van der Waals surface area (Å²) >= 11 is 0. The molecule has 6 nitrogen and oxygen atoms in total. The highest BCUT2D eigenvalue weighted by Crippen LogP contribution is 2.20. The Morgan fingerprint density at radius 1 is 1.14 bits per heavy atom. The van der Waals surface area contributed by atoms with Gasteiger partial charge in [0, 0.05) is 0 Å². The number of primary amides is 1. The van der Waals surface area contributed by atoms with Crippen LogP contribution in [0.3, 0.4) is 0 Å². The minimum absolute atomic E-state index is 0.0271. The summed E-state index contributed by atoms with van der Waals surface area (Å²) in [4.78, 5) is 34.5. The number of carbonyl (C=O) groups excluding carboxylic acids is 3. The van der Waals surface area contributed by atoms with Crippen LogP contribution in [0, 0.1) is 5.92 Å². The monoisotopic (exact) mass is 306 g/mol. The van der Waals surface area contributed by atoms with Crippen LogP contribution in [0.1, 0.15) is 38.7 Å². The molecule has 0 unspecified atom stereocenters. The first-order chi connectivity index (χ1) is 10.3. The molecule has 0 radical (unpaired) electrons. The second-order valence-corrected chi connectivity index (χ2v) is 5.52. The predicted molar refractivity (Wildman–Crippen MR) is 81.9 cm³/mol. The molecule has 1 aromatic rings. The number of hydrogen-bond donors (Lipinski definition) is 2. The lowest BCUT2D eigenvalue weighted by molar-refractivity contribution is -0.158. The summed E-state index contributed by atoms with van der Waals surface area (Å²) in [6.07, 6.45) is -0.889. The van der Waals surface area contributed by atoms with Gasteiger partial charge >= 0.3 is 12.0 Å². The molecular formula is C16H22N2O4. The fourth-order valence-corrected chi connectivity index (χ4v) is 2.02. The summed E-state index contributed by atoms with van der Waals surface area (Å²) in [5.74, 6) is -1.49.